The van der Waals surface area contributed by atoms with Gasteiger partial charge in [0.1, 0.15) is 0 Å². The lowest BCUT2D eigenvalue weighted by atomic mass is 10.2. The van der Waals surface area contributed by atoms with E-state index in [0.29, 0.717) is 36.8 Å². The van der Waals surface area contributed by atoms with E-state index in [2.05, 4.69) is 31.5 Å². The molecule has 1 aliphatic rings. The Balaban J connectivity index is 1.34. The van der Waals surface area contributed by atoms with E-state index in [1.807, 2.05) is 29.2 Å². The van der Waals surface area contributed by atoms with Gasteiger partial charge in [0.05, 0.1) is 5.56 Å². The van der Waals surface area contributed by atoms with E-state index in [1.54, 1.807) is 24.3 Å². The number of carbonyl (C=O) groups excluding carboxylic acids is 3. The topological polar surface area (TPSA) is 81.8 Å². The van der Waals surface area contributed by atoms with E-state index in [1.165, 1.54) is 0 Å². The first-order chi connectivity index (χ1) is 14.9. The standard InChI is InChI=1S/C22H24BrClN4O3/c23-19-4-2-1-3-18(19)22(31)28-13-11-27(12-14-28)10-9-25-20(29)21(30)26-15-16-5-7-17(24)8-6-16/h1-8H,9-15H2,(H,25,29)(H,26,30). The minimum absolute atomic E-state index is 0.0118. The zero-order valence-corrected chi connectivity index (χ0v) is 19.3. The Bertz CT molecular complexity index is 931. The van der Waals surface area contributed by atoms with Gasteiger partial charge in [-0.05, 0) is 45.8 Å². The molecule has 2 aromatic carbocycles. The van der Waals surface area contributed by atoms with E-state index in [9.17, 15) is 14.4 Å². The Labute approximate surface area is 194 Å². The number of nitrogens with zero attached hydrogens (tertiary/aromatic N) is 2. The van der Waals surface area contributed by atoms with Crippen molar-refractivity contribution in [3.63, 3.8) is 0 Å². The number of rotatable bonds is 6. The smallest absolute Gasteiger partial charge is 0.309 e. The molecule has 0 radical (unpaired) electrons. The molecule has 3 amide bonds. The summed E-state index contributed by atoms with van der Waals surface area (Å²) in [5.41, 5.74) is 1.52. The summed E-state index contributed by atoms with van der Waals surface area (Å²) in [5, 5.41) is 5.85. The molecule has 0 atom stereocenters. The van der Waals surface area contributed by atoms with Gasteiger partial charge in [-0.1, -0.05) is 35.9 Å². The average molecular weight is 508 g/mol. The molecule has 0 aliphatic carbocycles. The fourth-order valence-electron chi connectivity index (χ4n) is 3.25. The molecule has 9 heteroatoms. The van der Waals surface area contributed by atoms with Crippen LogP contribution in [0.5, 0.6) is 0 Å². The van der Waals surface area contributed by atoms with Crippen molar-refractivity contribution >= 4 is 45.3 Å². The number of nitrogens with one attached hydrogen (secondary N) is 2. The lowest BCUT2D eigenvalue weighted by Gasteiger charge is -2.34. The summed E-state index contributed by atoms with van der Waals surface area (Å²) in [7, 11) is 0. The number of hydrogen-bond donors (Lipinski definition) is 2. The van der Waals surface area contributed by atoms with Crippen LogP contribution in [-0.2, 0) is 16.1 Å². The quantitative estimate of drug-likeness (QED) is 0.588. The molecule has 1 fully saturated rings. The first kappa shape index (κ1) is 23.2. The Morgan fingerprint density at radius 2 is 1.55 bits per heavy atom. The van der Waals surface area contributed by atoms with Crippen molar-refractivity contribution in [2.45, 2.75) is 6.54 Å². The van der Waals surface area contributed by atoms with Crippen LogP contribution in [0.25, 0.3) is 0 Å². The zero-order chi connectivity index (χ0) is 22.2. The van der Waals surface area contributed by atoms with E-state index in [4.69, 9.17) is 11.6 Å². The number of carbonyl (C=O) groups is 3. The average Bonchev–Trinajstić information content (AvgIpc) is 2.78. The summed E-state index contributed by atoms with van der Waals surface area (Å²) in [6.45, 7) is 3.92. The Hall–Kier alpha value is -2.42. The van der Waals surface area contributed by atoms with Gasteiger partial charge in [-0.25, -0.2) is 0 Å². The van der Waals surface area contributed by atoms with Gasteiger partial charge in [0.2, 0.25) is 0 Å². The lowest BCUT2D eigenvalue weighted by molar-refractivity contribution is -0.139. The number of amides is 3. The summed E-state index contributed by atoms with van der Waals surface area (Å²) < 4.78 is 0.791. The van der Waals surface area contributed by atoms with Gasteiger partial charge >= 0.3 is 11.8 Å². The monoisotopic (exact) mass is 506 g/mol. The van der Waals surface area contributed by atoms with Crippen LogP contribution in [0.4, 0.5) is 0 Å². The van der Waals surface area contributed by atoms with Crippen molar-refractivity contribution in [3.05, 3.63) is 69.2 Å². The third-order valence-corrected chi connectivity index (χ3v) is 5.99. The van der Waals surface area contributed by atoms with Gasteiger partial charge in [0.15, 0.2) is 0 Å². The summed E-state index contributed by atoms with van der Waals surface area (Å²) in [4.78, 5) is 40.6. The van der Waals surface area contributed by atoms with Crippen molar-refractivity contribution in [2.75, 3.05) is 39.3 Å². The van der Waals surface area contributed by atoms with Crippen LogP contribution in [0.1, 0.15) is 15.9 Å². The van der Waals surface area contributed by atoms with Crippen molar-refractivity contribution < 1.29 is 14.4 Å². The van der Waals surface area contributed by atoms with Gasteiger partial charge < -0.3 is 15.5 Å². The zero-order valence-electron chi connectivity index (χ0n) is 16.9. The molecule has 7 nitrogen and oxygen atoms in total. The van der Waals surface area contributed by atoms with E-state index in [0.717, 1.165) is 23.1 Å². The molecule has 164 valence electrons. The second kappa shape index (κ2) is 11.3. The van der Waals surface area contributed by atoms with Gasteiger partial charge in [-0.2, -0.15) is 0 Å². The Morgan fingerprint density at radius 1 is 0.903 bits per heavy atom. The normalized spacial score (nSPS) is 14.2. The van der Waals surface area contributed by atoms with Crippen LogP contribution in [0, 0.1) is 0 Å². The summed E-state index contributed by atoms with van der Waals surface area (Å²) in [6.07, 6.45) is 0. The Morgan fingerprint density at radius 3 is 2.23 bits per heavy atom. The van der Waals surface area contributed by atoms with Crippen LogP contribution < -0.4 is 10.6 Å². The summed E-state index contributed by atoms with van der Waals surface area (Å²) >= 11 is 9.25. The van der Waals surface area contributed by atoms with Crippen LogP contribution >= 0.6 is 27.5 Å². The SMILES string of the molecule is O=C(NCCN1CCN(C(=O)c2ccccc2Br)CC1)C(=O)NCc1ccc(Cl)cc1. The maximum Gasteiger partial charge on any atom is 0.309 e. The highest BCUT2D eigenvalue weighted by Gasteiger charge is 2.23. The summed E-state index contributed by atoms with van der Waals surface area (Å²) in [6, 6.07) is 14.4. The number of hydrogen-bond acceptors (Lipinski definition) is 4. The first-order valence-corrected chi connectivity index (χ1v) is 11.2. The third-order valence-electron chi connectivity index (χ3n) is 5.05. The van der Waals surface area contributed by atoms with Gasteiger partial charge in [-0.15, -0.1) is 0 Å². The number of piperazine rings is 1. The molecule has 1 heterocycles. The molecule has 0 unspecified atom stereocenters. The van der Waals surface area contributed by atoms with Crippen LogP contribution in [0.3, 0.4) is 0 Å². The first-order valence-electron chi connectivity index (χ1n) is 10.0. The van der Waals surface area contributed by atoms with Crippen molar-refractivity contribution in [3.8, 4) is 0 Å². The highest BCUT2D eigenvalue weighted by molar-refractivity contribution is 9.10. The minimum atomic E-state index is -0.668. The minimum Gasteiger partial charge on any atom is -0.347 e. The fourth-order valence-corrected chi connectivity index (χ4v) is 3.83. The molecular formula is C22H24BrClN4O3. The van der Waals surface area contributed by atoms with Crippen molar-refractivity contribution in [1.82, 2.24) is 20.4 Å². The Kier molecular flexibility index (Phi) is 8.45. The maximum absolute atomic E-state index is 12.7. The molecular weight excluding hydrogens is 484 g/mol. The molecule has 2 N–H and O–H groups in total. The second-order valence-electron chi connectivity index (χ2n) is 7.18. The fraction of sp³-hybridized carbons (Fsp3) is 0.318. The molecule has 2 aromatic rings. The van der Waals surface area contributed by atoms with Crippen LogP contribution in [0.15, 0.2) is 53.0 Å². The van der Waals surface area contributed by atoms with E-state index < -0.39 is 11.8 Å². The van der Waals surface area contributed by atoms with Gasteiger partial charge in [0, 0.05) is 55.3 Å². The predicted octanol–water partition coefficient (Wildman–Crippen LogP) is 2.29. The molecule has 31 heavy (non-hydrogen) atoms. The molecule has 0 aromatic heterocycles. The van der Waals surface area contributed by atoms with Crippen LogP contribution in [-0.4, -0.2) is 66.8 Å². The second-order valence-corrected chi connectivity index (χ2v) is 8.47. The molecule has 1 aliphatic heterocycles. The molecule has 0 bridgehead atoms. The third kappa shape index (κ3) is 6.78. The summed E-state index contributed by atoms with van der Waals surface area (Å²) in [5.74, 6) is -1.31. The largest absolute Gasteiger partial charge is 0.347 e. The molecule has 3 rings (SSSR count). The van der Waals surface area contributed by atoms with E-state index >= 15 is 0 Å². The van der Waals surface area contributed by atoms with Crippen molar-refractivity contribution in [1.29, 1.82) is 0 Å². The maximum atomic E-state index is 12.7. The number of benzene rings is 2. The van der Waals surface area contributed by atoms with Crippen LogP contribution in [0.2, 0.25) is 5.02 Å². The van der Waals surface area contributed by atoms with Crippen molar-refractivity contribution in [2.24, 2.45) is 0 Å². The number of halogens is 2. The molecule has 0 saturated carbocycles. The van der Waals surface area contributed by atoms with Gasteiger partial charge in [0.25, 0.3) is 5.91 Å². The van der Waals surface area contributed by atoms with E-state index in [-0.39, 0.29) is 12.5 Å². The lowest BCUT2D eigenvalue weighted by Crippen LogP contribution is -2.51. The highest BCUT2D eigenvalue weighted by Crippen LogP contribution is 2.18. The predicted molar refractivity (Wildman–Crippen MR) is 123 cm³/mol. The highest BCUT2D eigenvalue weighted by atomic mass is 79.9. The van der Waals surface area contributed by atoms with Gasteiger partial charge in [-0.3, -0.25) is 19.3 Å². The molecule has 1 saturated heterocycles. The molecule has 0 spiro atoms.